The second-order valence-electron chi connectivity index (χ2n) is 3.94. The molecule has 0 saturated carbocycles. The number of hydrogen-bond donors (Lipinski definition) is 1. The van der Waals surface area contributed by atoms with Gasteiger partial charge >= 0.3 is 0 Å². The Bertz CT molecular complexity index is 439. The van der Waals surface area contributed by atoms with E-state index in [2.05, 4.69) is 27.3 Å². The summed E-state index contributed by atoms with van der Waals surface area (Å²) >= 11 is 3.35. The molecule has 1 N–H and O–H groups in total. The lowest BCUT2D eigenvalue weighted by Crippen LogP contribution is -2.32. The fourth-order valence-corrected chi connectivity index (χ4v) is 1.76. The van der Waals surface area contributed by atoms with Gasteiger partial charge in [0.1, 0.15) is 6.04 Å². The van der Waals surface area contributed by atoms with Crippen LogP contribution < -0.4 is 5.32 Å². The van der Waals surface area contributed by atoms with Crippen LogP contribution in [0.5, 0.6) is 0 Å². The molecule has 1 aromatic rings. The Hall–Kier alpha value is -1.34. The van der Waals surface area contributed by atoms with Gasteiger partial charge in [-0.25, -0.2) is 0 Å². The average Bonchev–Trinajstić information content (AvgIpc) is 2.34. The van der Waals surface area contributed by atoms with Crippen molar-refractivity contribution in [3.8, 4) is 6.07 Å². The van der Waals surface area contributed by atoms with Gasteiger partial charge in [0.05, 0.1) is 6.07 Å². The van der Waals surface area contributed by atoms with Crippen molar-refractivity contribution < 1.29 is 4.79 Å². The van der Waals surface area contributed by atoms with Crippen molar-refractivity contribution >= 4 is 21.8 Å². The number of nitrogens with one attached hydrogen (secondary N) is 1. The van der Waals surface area contributed by atoms with Crippen LogP contribution in [-0.4, -0.2) is 5.91 Å². The van der Waals surface area contributed by atoms with Crippen molar-refractivity contribution in [2.75, 3.05) is 0 Å². The third-order valence-electron chi connectivity index (χ3n) is 2.66. The van der Waals surface area contributed by atoms with Crippen molar-refractivity contribution in [1.82, 2.24) is 5.32 Å². The van der Waals surface area contributed by atoms with Crippen molar-refractivity contribution in [2.45, 2.75) is 26.3 Å². The van der Waals surface area contributed by atoms with Crippen molar-refractivity contribution in [3.05, 3.63) is 34.3 Å². The molecule has 3 nitrogen and oxygen atoms in total. The van der Waals surface area contributed by atoms with Crippen LogP contribution >= 0.6 is 15.9 Å². The lowest BCUT2D eigenvalue weighted by molar-refractivity contribution is -0.125. The maximum absolute atomic E-state index is 11.7. The van der Waals surface area contributed by atoms with Crippen LogP contribution in [0, 0.1) is 17.2 Å². The van der Waals surface area contributed by atoms with Crippen LogP contribution in [-0.2, 0) is 4.79 Å². The molecule has 0 aromatic heterocycles. The summed E-state index contributed by atoms with van der Waals surface area (Å²) in [6.07, 6.45) is 0.766. The first-order chi connectivity index (χ1) is 8.08. The number of amides is 1. The molecule has 90 valence electrons. The molecule has 0 spiro atoms. The molecule has 1 amide bonds. The number of nitriles is 1. The van der Waals surface area contributed by atoms with Crippen LogP contribution in [0.25, 0.3) is 0 Å². The van der Waals surface area contributed by atoms with E-state index < -0.39 is 6.04 Å². The number of carbonyl (C=O) groups is 1. The second-order valence-corrected chi connectivity index (χ2v) is 4.85. The van der Waals surface area contributed by atoms with Gasteiger partial charge in [0.2, 0.25) is 5.91 Å². The maximum Gasteiger partial charge on any atom is 0.224 e. The lowest BCUT2D eigenvalue weighted by Gasteiger charge is -2.15. The van der Waals surface area contributed by atoms with Gasteiger partial charge in [-0.05, 0) is 24.1 Å². The molecule has 1 aromatic carbocycles. The first-order valence-corrected chi connectivity index (χ1v) is 6.33. The SMILES string of the molecule is CC[C@@H](C)C(=O)N[C@H](C#N)c1cccc(Br)c1. The molecule has 4 heteroatoms. The van der Waals surface area contributed by atoms with E-state index in [0.717, 1.165) is 16.5 Å². The molecule has 0 aliphatic carbocycles. The maximum atomic E-state index is 11.7. The highest BCUT2D eigenvalue weighted by Crippen LogP contribution is 2.18. The molecule has 0 unspecified atom stereocenters. The zero-order valence-electron chi connectivity index (χ0n) is 9.90. The van der Waals surface area contributed by atoms with E-state index in [9.17, 15) is 4.79 Å². The predicted octanol–water partition coefficient (Wildman–Crippen LogP) is 3.18. The molecule has 1 rings (SSSR count). The number of hydrogen-bond acceptors (Lipinski definition) is 2. The molecule has 0 saturated heterocycles. The van der Waals surface area contributed by atoms with Gasteiger partial charge < -0.3 is 5.32 Å². The van der Waals surface area contributed by atoms with E-state index in [0.29, 0.717) is 0 Å². The van der Waals surface area contributed by atoms with Gasteiger partial charge in [0.15, 0.2) is 0 Å². The third-order valence-corrected chi connectivity index (χ3v) is 3.15. The minimum atomic E-state index is -0.589. The predicted molar refractivity (Wildman–Crippen MR) is 70.1 cm³/mol. The molecule has 0 fully saturated rings. The highest BCUT2D eigenvalue weighted by Gasteiger charge is 2.17. The van der Waals surface area contributed by atoms with Crippen molar-refractivity contribution in [3.63, 3.8) is 0 Å². The average molecular weight is 295 g/mol. The van der Waals surface area contributed by atoms with Crippen LogP contribution in [0.2, 0.25) is 0 Å². The van der Waals surface area contributed by atoms with Gasteiger partial charge in [-0.2, -0.15) is 5.26 Å². The minimum absolute atomic E-state index is 0.0713. The largest absolute Gasteiger partial charge is 0.336 e. The van der Waals surface area contributed by atoms with Crippen molar-refractivity contribution in [1.29, 1.82) is 5.26 Å². The zero-order chi connectivity index (χ0) is 12.8. The zero-order valence-corrected chi connectivity index (χ0v) is 11.5. The normalized spacial score (nSPS) is 13.5. The minimum Gasteiger partial charge on any atom is -0.336 e. The second kappa shape index (κ2) is 6.41. The summed E-state index contributed by atoms with van der Waals surface area (Å²) in [5.74, 6) is -0.156. The van der Waals surface area contributed by atoms with Gasteiger partial charge in [0, 0.05) is 10.4 Å². The van der Waals surface area contributed by atoms with Gasteiger partial charge in [0.25, 0.3) is 0 Å². The molecule has 2 atom stereocenters. The van der Waals surface area contributed by atoms with Crippen LogP contribution in [0.1, 0.15) is 31.9 Å². The quantitative estimate of drug-likeness (QED) is 0.927. The molecule has 0 bridgehead atoms. The first kappa shape index (κ1) is 13.7. The summed E-state index contributed by atoms with van der Waals surface area (Å²) in [7, 11) is 0. The summed E-state index contributed by atoms with van der Waals surface area (Å²) in [6, 6.07) is 8.91. The summed E-state index contributed by atoms with van der Waals surface area (Å²) < 4.78 is 0.896. The number of nitrogens with zero attached hydrogens (tertiary/aromatic N) is 1. The van der Waals surface area contributed by atoms with E-state index in [1.54, 1.807) is 0 Å². The van der Waals surface area contributed by atoms with Crippen LogP contribution in [0.15, 0.2) is 28.7 Å². The Kier molecular flexibility index (Phi) is 5.17. The Morgan fingerprint density at radius 3 is 2.82 bits per heavy atom. The highest BCUT2D eigenvalue weighted by molar-refractivity contribution is 9.10. The van der Waals surface area contributed by atoms with Gasteiger partial charge in [-0.15, -0.1) is 0 Å². The first-order valence-electron chi connectivity index (χ1n) is 5.54. The monoisotopic (exact) mass is 294 g/mol. The smallest absolute Gasteiger partial charge is 0.224 e. The number of rotatable bonds is 4. The fourth-order valence-electron chi connectivity index (χ4n) is 1.35. The Labute approximate surface area is 110 Å². The topological polar surface area (TPSA) is 52.9 Å². The number of benzene rings is 1. The number of halogens is 1. The molecule has 0 aliphatic heterocycles. The van der Waals surface area contributed by atoms with Crippen LogP contribution in [0.4, 0.5) is 0 Å². The Balaban J connectivity index is 2.80. The summed E-state index contributed by atoms with van der Waals surface area (Å²) in [6.45, 7) is 3.80. The van der Waals surface area contributed by atoms with Gasteiger partial charge in [-0.1, -0.05) is 41.9 Å². The molecule has 0 aliphatic rings. The van der Waals surface area contributed by atoms with Crippen LogP contribution in [0.3, 0.4) is 0 Å². The Morgan fingerprint density at radius 2 is 2.29 bits per heavy atom. The molecule has 0 radical (unpaired) electrons. The van der Waals surface area contributed by atoms with E-state index >= 15 is 0 Å². The number of carbonyl (C=O) groups excluding carboxylic acids is 1. The molecule has 0 heterocycles. The van der Waals surface area contributed by atoms with E-state index in [1.165, 1.54) is 0 Å². The van der Waals surface area contributed by atoms with E-state index in [-0.39, 0.29) is 11.8 Å². The van der Waals surface area contributed by atoms with E-state index in [1.807, 2.05) is 38.1 Å². The Morgan fingerprint density at radius 1 is 1.59 bits per heavy atom. The standard InChI is InChI=1S/C13H15BrN2O/c1-3-9(2)13(17)16-12(8-15)10-5-4-6-11(14)7-10/h4-7,9,12H,3H2,1-2H3,(H,16,17)/t9-,12-/m1/s1. The molecule has 17 heavy (non-hydrogen) atoms. The van der Waals surface area contributed by atoms with E-state index in [4.69, 9.17) is 5.26 Å². The molecular weight excluding hydrogens is 280 g/mol. The van der Waals surface area contributed by atoms with Crippen molar-refractivity contribution in [2.24, 2.45) is 5.92 Å². The van der Waals surface area contributed by atoms with Gasteiger partial charge in [-0.3, -0.25) is 4.79 Å². The summed E-state index contributed by atoms with van der Waals surface area (Å²) in [5.41, 5.74) is 0.790. The fraction of sp³-hybridized carbons (Fsp3) is 0.385. The lowest BCUT2D eigenvalue weighted by atomic mass is 10.1. The summed E-state index contributed by atoms with van der Waals surface area (Å²) in [4.78, 5) is 11.7. The highest BCUT2D eigenvalue weighted by atomic mass is 79.9. The molecular formula is C13H15BrN2O. The third kappa shape index (κ3) is 3.86. The summed E-state index contributed by atoms with van der Waals surface area (Å²) in [5, 5.41) is 11.8.